The maximum Gasteiger partial charge on any atom is 0.0328 e. The molecule has 1 heteroatoms. The highest BCUT2D eigenvalue weighted by Crippen LogP contribution is 1.92. The molecule has 0 N–H and O–H groups in total. The molecule has 0 atom stereocenters. The second kappa shape index (κ2) is 3.22. The summed E-state index contributed by atoms with van der Waals surface area (Å²) in [6.45, 7) is 8.65. The van der Waals surface area contributed by atoms with Gasteiger partial charge in [0.05, 0.1) is 0 Å². The molecule has 0 fully saturated rings. The molecule has 0 radical (unpaired) electrons. The van der Waals surface area contributed by atoms with E-state index in [1.165, 1.54) is 20.9 Å². The predicted octanol–water partition coefficient (Wildman–Crippen LogP) is 2.13. The Morgan fingerprint density at radius 2 is 1.73 bits per heavy atom. The number of rotatable bonds is 0. The van der Waals surface area contributed by atoms with Crippen LogP contribution in [0.4, 0.5) is 0 Å². The first kappa shape index (κ1) is 8.54. The Balaban J connectivity index is 3.68. The van der Waals surface area contributed by atoms with Gasteiger partial charge in [-0.1, -0.05) is 11.1 Å². The quantitative estimate of drug-likeness (QED) is 0.554. The minimum absolute atomic E-state index is 1.41. The largest absolute Gasteiger partial charge is 0.144 e. The van der Waals surface area contributed by atoms with Crippen molar-refractivity contribution < 1.29 is 0 Å². The molecule has 0 saturated carbocycles. The van der Waals surface area contributed by atoms with E-state index < -0.39 is 0 Å². The predicted molar refractivity (Wildman–Crippen MR) is 53.1 cm³/mol. The van der Waals surface area contributed by atoms with Crippen LogP contribution in [0.1, 0.15) is 27.7 Å². The van der Waals surface area contributed by atoms with Crippen LogP contribution in [0.5, 0.6) is 0 Å². The summed E-state index contributed by atoms with van der Waals surface area (Å²) in [4.78, 5) is 0. The smallest absolute Gasteiger partial charge is 0.0328 e. The van der Waals surface area contributed by atoms with Crippen LogP contribution in [-0.4, -0.2) is 0 Å². The highest BCUT2D eigenvalue weighted by molar-refractivity contribution is 7.07. The highest BCUT2D eigenvalue weighted by atomic mass is 32.1. The summed E-state index contributed by atoms with van der Waals surface area (Å²) in [7, 11) is 0. The van der Waals surface area contributed by atoms with Crippen LogP contribution in [0.2, 0.25) is 0 Å². The van der Waals surface area contributed by atoms with Gasteiger partial charge in [0, 0.05) is 4.53 Å². The van der Waals surface area contributed by atoms with Crippen LogP contribution in [0.15, 0.2) is 11.4 Å². The van der Waals surface area contributed by atoms with Gasteiger partial charge in [0.1, 0.15) is 0 Å². The molecule has 0 spiro atoms. The molecule has 0 aliphatic carbocycles. The summed E-state index contributed by atoms with van der Waals surface area (Å²) in [5, 5.41) is 3.57. The van der Waals surface area contributed by atoms with E-state index in [2.05, 4.69) is 39.1 Å². The zero-order valence-corrected chi connectivity index (χ0v) is 8.38. The molecule has 11 heavy (non-hydrogen) atoms. The van der Waals surface area contributed by atoms with Gasteiger partial charge < -0.3 is 0 Å². The Kier molecular flexibility index (Phi) is 2.50. The lowest BCUT2D eigenvalue weighted by molar-refractivity contribution is 1.48. The zero-order chi connectivity index (χ0) is 8.43. The van der Waals surface area contributed by atoms with Crippen molar-refractivity contribution in [2.45, 2.75) is 27.7 Å². The van der Waals surface area contributed by atoms with Crippen LogP contribution >= 0.6 is 11.3 Å². The minimum atomic E-state index is 1.41. The van der Waals surface area contributed by atoms with Crippen molar-refractivity contribution >= 4 is 22.5 Å². The van der Waals surface area contributed by atoms with Gasteiger partial charge in [-0.2, -0.15) is 0 Å². The summed E-state index contributed by atoms with van der Waals surface area (Å²) in [5.41, 5.74) is 2.82. The fourth-order valence-electron chi connectivity index (χ4n) is 1.09. The van der Waals surface area contributed by atoms with E-state index in [4.69, 9.17) is 0 Å². The second-order valence-electron chi connectivity index (χ2n) is 3.16. The van der Waals surface area contributed by atoms with E-state index in [0.717, 1.165) is 0 Å². The molecule has 1 heterocycles. The monoisotopic (exact) mass is 166 g/mol. The third-order valence-corrected chi connectivity index (χ3v) is 2.79. The van der Waals surface area contributed by atoms with E-state index in [0.29, 0.717) is 0 Å². The molecule has 60 valence electrons. The lowest BCUT2D eigenvalue weighted by Crippen LogP contribution is -2.20. The number of hydrogen-bond acceptors (Lipinski definition) is 1. The van der Waals surface area contributed by atoms with E-state index in [9.17, 15) is 0 Å². The van der Waals surface area contributed by atoms with Crippen molar-refractivity contribution in [3.63, 3.8) is 0 Å². The van der Waals surface area contributed by atoms with Gasteiger partial charge in [-0.15, -0.1) is 11.3 Å². The molecular weight excluding hydrogens is 152 g/mol. The highest BCUT2D eigenvalue weighted by Gasteiger charge is 1.90. The first-order valence-corrected chi connectivity index (χ1v) is 4.69. The van der Waals surface area contributed by atoms with E-state index >= 15 is 0 Å². The van der Waals surface area contributed by atoms with Crippen molar-refractivity contribution in [2.24, 2.45) is 0 Å². The average Bonchev–Trinajstić information content (AvgIpc) is 2.32. The van der Waals surface area contributed by atoms with E-state index in [1.807, 2.05) is 11.3 Å². The maximum absolute atomic E-state index is 2.20. The van der Waals surface area contributed by atoms with Crippen LogP contribution in [0.25, 0.3) is 11.1 Å². The van der Waals surface area contributed by atoms with Gasteiger partial charge in [-0.25, -0.2) is 0 Å². The zero-order valence-electron chi connectivity index (χ0n) is 7.56. The Hall–Kier alpha value is -0.560. The third-order valence-electron chi connectivity index (χ3n) is 1.66. The summed E-state index contributed by atoms with van der Waals surface area (Å²) >= 11 is 1.83. The second-order valence-corrected chi connectivity index (χ2v) is 4.08. The maximum atomic E-state index is 2.20. The van der Waals surface area contributed by atoms with Crippen LogP contribution in [0, 0.1) is 0 Å². The van der Waals surface area contributed by atoms with Crippen molar-refractivity contribution in [3.8, 4) is 0 Å². The third kappa shape index (κ3) is 1.72. The summed E-state index contributed by atoms with van der Waals surface area (Å²) in [5.74, 6) is 0. The topological polar surface area (TPSA) is 0 Å². The van der Waals surface area contributed by atoms with Crippen molar-refractivity contribution in [1.82, 2.24) is 0 Å². The van der Waals surface area contributed by atoms with Gasteiger partial charge in [0.2, 0.25) is 0 Å². The molecule has 0 nitrogen and oxygen atoms in total. The fourth-order valence-corrected chi connectivity index (χ4v) is 2.07. The summed E-state index contributed by atoms with van der Waals surface area (Å²) in [6, 6.07) is 2.20. The molecule has 0 aromatic carbocycles. The lowest BCUT2D eigenvalue weighted by Gasteiger charge is -1.87. The van der Waals surface area contributed by atoms with Crippen LogP contribution < -0.4 is 9.75 Å². The molecule has 0 bridgehead atoms. The molecule has 1 aromatic heterocycles. The van der Waals surface area contributed by atoms with Crippen LogP contribution in [-0.2, 0) is 0 Å². The number of hydrogen-bond donors (Lipinski definition) is 0. The molecule has 0 saturated heterocycles. The Labute approximate surface area is 71.9 Å². The summed E-state index contributed by atoms with van der Waals surface area (Å²) in [6.07, 6.45) is 0. The first-order valence-electron chi connectivity index (χ1n) is 3.81. The van der Waals surface area contributed by atoms with Gasteiger partial charge >= 0.3 is 0 Å². The molecule has 0 aliphatic rings. The standard InChI is InChI=1S/C10H14S/c1-7(2)9-5-6-11-10(9)8(3)4/h5-6H,1-4H3. The summed E-state index contributed by atoms with van der Waals surface area (Å²) < 4.78 is 1.44. The lowest BCUT2D eigenvalue weighted by atomic mass is 10.2. The molecule has 1 aromatic rings. The van der Waals surface area contributed by atoms with Gasteiger partial charge in [-0.3, -0.25) is 0 Å². The Morgan fingerprint density at radius 1 is 1.09 bits per heavy atom. The molecule has 0 amide bonds. The fraction of sp³-hybridized carbons (Fsp3) is 0.400. The van der Waals surface area contributed by atoms with Crippen molar-refractivity contribution in [3.05, 3.63) is 21.2 Å². The SMILES string of the molecule is CC(C)=c1ccsc1=C(C)C. The van der Waals surface area contributed by atoms with Crippen molar-refractivity contribution in [2.75, 3.05) is 0 Å². The van der Waals surface area contributed by atoms with Gasteiger partial charge in [0.25, 0.3) is 0 Å². The average molecular weight is 166 g/mol. The van der Waals surface area contributed by atoms with E-state index in [-0.39, 0.29) is 0 Å². The molecule has 1 rings (SSSR count). The first-order chi connectivity index (χ1) is 5.13. The molecule has 0 unspecified atom stereocenters. The van der Waals surface area contributed by atoms with Crippen LogP contribution in [0.3, 0.4) is 0 Å². The molecule has 0 aliphatic heterocycles. The normalized spacial score (nSPS) is 9.82. The minimum Gasteiger partial charge on any atom is -0.144 e. The van der Waals surface area contributed by atoms with E-state index in [1.54, 1.807) is 0 Å². The van der Waals surface area contributed by atoms with Gasteiger partial charge in [0.15, 0.2) is 0 Å². The Bertz CT molecular complexity index is 312. The molecular formula is C10H14S. The van der Waals surface area contributed by atoms with Crippen molar-refractivity contribution in [1.29, 1.82) is 0 Å². The van der Waals surface area contributed by atoms with Gasteiger partial charge in [-0.05, 0) is 44.4 Å². The number of thiophene rings is 1. The Morgan fingerprint density at radius 3 is 2.09 bits per heavy atom.